The average molecular weight is 357 g/mol. The molecule has 2 atom stereocenters. The molecule has 0 saturated heterocycles. The maximum absolute atomic E-state index is 12.1. The molecule has 0 unspecified atom stereocenters. The van der Waals surface area contributed by atoms with E-state index in [-0.39, 0.29) is 16.1 Å². The summed E-state index contributed by atoms with van der Waals surface area (Å²) in [5, 5.41) is 22.4. The molecule has 1 aliphatic carbocycles. The van der Waals surface area contributed by atoms with Crippen LogP contribution in [0.2, 0.25) is 0 Å². The third-order valence-electron chi connectivity index (χ3n) is 3.58. The van der Waals surface area contributed by atoms with Crippen LogP contribution < -0.4 is 5.32 Å². The number of carboxylic acids is 1. The smallest absolute Gasteiger partial charge is 0.307 e. The van der Waals surface area contributed by atoms with Gasteiger partial charge in [0.05, 0.1) is 21.2 Å². The van der Waals surface area contributed by atoms with Crippen LogP contribution >= 0.6 is 15.9 Å². The monoisotopic (exact) mass is 356 g/mol. The predicted molar refractivity (Wildman–Crippen MR) is 77.9 cm³/mol. The maximum Gasteiger partial charge on any atom is 0.307 e. The van der Waals surface area contributed by atoms with E-state index in [9.17, 15) is 19.7 Å². The fourth-order valence-corrected chi connectivity index (χ4v) is 3.06. The van der Waals surface area contributed by atoms with Crippen LogP contribution in [0.25, 0.3) is 0 Å². The first-order valence-electron chi connectivity index (χ1n) is 6.37. The Labute approximate surface area is 128 Å². The van der Waals surface area contributed by atoms with Crippen molar-refractivity contribution in [3.05, 3.63) is 32.8 Å². The molecule has 0 aliphatic heterocycles. The number of nitrogens with one attached hydrogen (secondary N) is 1. The average Bonchev–Trinajstić information content (AvgIpc) is 2.87. The summed E-state index contributed by atoms with van der Waals surface area (Å²) in [7, 11) is 0. The molecular formula is C13H13BrN2O5. The first kappa shape index (κ1) is 15.4. The SMILES string of the molecule is O=C(O)[C@H]1CCC[C@H]1C(=O)Nc1ccc([N+](=O)[O-])c(Br)c1. The summed E-state index contributed by atoms with van der Waals surface area (Å²) in [5.74, 6) is -2.54. The van der Waals surface area contributed by atoms with Crippen LogP contribution in [0.1, 0.15) is 19.3 Å². The van der Waals surface area contributed by atoms with Gasteiger partial charge in [-0.2, -0.15) is 0 Å². The number of halogens is 1. The Morgan fingerprint density at radius 2 is 2.00 bits per heavy atom. The Bertz CT molecular complexity index is 604. The molecular weight excluding hydrogens is 344 g/mol. The molecule has 1 fully saturated rings. The van der Waals surface area contributed by atoms with Crippen molar-refractivity contribution in [2.24, 2.45) is 11.8 Å². The molecule has 0 spiro atoms. The van der Waals surface area contributed by atoms with Crippen molar-refractivity contribution in [3.8, 4) is 0 Å². The summed E-state index contributed by atoms with van der Waals surface area (Å²) in [6.45, 7) is 0. The highest BCUT2D eigenvalue weighted by atomic mass is 79.9. The molecule has 0 radical (unpaired) electrons. The lowest BCUT2D eigenvalue weighted by Gasteiger charge is -2.15. The van der Waals surface area contributed by atoms with Crippen molar-refractivity contribution in [1.82, 2.24) is 0 Å². The Hall–Kier alpha value is -1.96. The van der Waals surface area contributed by atoms with E-state index in [4.69, 9.17) is 5.11 Å². The van der Waals surface area contributed by atoms with Gasteiger partial charge >= 0.3 is 5.97 Å². The van der Waals surface area contributed by atoms with Crippen molar-refractivity contribution in [2.45, 2.75) is 19.3 Å². The van der Waals surface area contributed by atoms with E-state index in [2.05, 4.69) is 21.2 Å². The zero-order valence-electron chi connectivity index (χ0n) is 10.9. The van der Waals surface area contributed by atoms with Gasteiger partial charge in [0, 0.05) is 11.8 Å². The number of benzene rings is 1. The van der Waals surface area contributed by atoms with Crippen LogP contribution in [0.4, 0.5) is 11.4 Å². The van der Waals surface area contributed by atoms with Gasteiger partial charge in [-0.1, -0.05) is 6.42 Å². The van der Waals surface area contributed by atoms with Crippen LogP contribution in [-0.2, 0) is 9.59 Å². The zero-order chi connectivity index (χ0) is 15.6. The number of rotatable bonds is 4. The number of carbonyl (C=O) groups is 2. The van der Waals surface area contributed by atoms with E-state index in [0.29, 0.717) is 24.9 Å². The van der Waals surface area contributed by atoms with Crippen molar-refractivity contribution in [1.29, 1.82) is 0 Å². The Morgan fingerprint density at radius 1 is 1.33 bits per heavy atom. The summed E-state index contributed by atoms with van der Waals surface area (Å²) in [4.78, 5) is 33.4. The van der Waals surface area contributed by atoms with Crippen LogP contribution in [0.5, 0.6) is 0 Å². The second-order valence-corrected chi connectivity index (χ2v) is 5.75. The number of aliphatic carboxylic acids is 1. The molecule has 1 aromatic carbocycles. The summed E-state index contributed by atoms with van der Waals surface area (Å²) >= 11 is 3.07. The number of nitro benzene ring substituents is 1. The molecule has 1 aromatic rings. The van der Waals surface area contributed by atoms with E-state index in [1.165, 1.54) is 18.2 Å². The van der Waals surface area contributed by atoms with Crippen LogP contribution in [0.3, 0.4) is 0 Å². The van der Waals surface area contributed by atoms with Gasteiger partial charge in [0.2, 0.25) is 5.91 Å². The van der Waals surface area contributed by atoms with Gasteiger partial charge in [-0.3, -0.25) is 19.7 Å². The Morgan fingerprint density at radius 3 is 2.57 bits per heavy atom. The van der Waals surface area contributed by atoms with Gasteiger partial charge in [0.1, 0.15) is 0 Å². The number of amides is 1. The number of hydrogen-bond acceptors (Lipinski definition) is 4. The van der Waals surface area contributed by atoms with Crippen LogP contribution in [-0.4, -0.2) is 21.9 Å². The van der Waals surface area contributed by atoms with E-state index < -0.39 is 22.7 Å². The van der Waals surface area contributed by atoms with Crippen LogP contribution in [0, 0.1) is 22.0 Å². The third-order valence-corrected chi connectivity index (χ3v) is 4.22. The molecule has 7 nitrogen and oxygen atoms in total. The molecule has 8 heteroatoms. The highest BCUT2D eigenvalue weighted by molar-refractivity contribution is 9.10. The van der Waals surface area contributed by atoms with Crippen molar-refractivity contribution in [3.63, 3.8) is 0 Å². The van der Waals surface area contributed by atoms with Gasteiger partial charge in [-0.15, -0.1) is 0 Å². The van der Waals surface area contributed by atoms with Crippen LogP contribution in [0.15, 0.2) is 22.7 Å². The zero-order valence-corrected chi connectivity index (χ0v) is 12.5. The first-order chi connectivity index (χ1) is 9.90. The summed E-state index contributed by atoms with van der Waals surface area (Å²) in [6.07, 6.45) is 1.74. The molecule has 1 amide bonds. The van der Waals surface area contributed by atoms with Crippen molar-refractivity contribution < 1.29 is 19.6 Å². The Balaban J connectivity index is 2.11. The van der Waals surface area contributed by atoms with E-state index in [0.717, 1.165) is 0 Å². The lowest BCUT2D eigenvalue weighted by Crippen LogP contribution is -2.29. The van der Waals surface area contributed by atoms with Crippen molar-refractivity contribution in [2.75, 3.05) is 5.32 Å². The number of anilines is 1. The van der Waals surface area contributed by atoms with E-state index in [1.807, 2.05) is 0 Å². The molecule has 21 heavy (non-hydrogen) atoms. The molecule has 2 rings (SSSR count). The van der Waals surface area contributed by atoms with Gasteiger partial charge in [0.25, 0.3) is 5.69 Å². The largest absolute Gasteiger partial charge is 0.481 e. The molecule has 0 aromatic heterocycles. The topological polar surface area (TPSA) is 110 Å². The molecule has 1 aliphatic rings. The summed E-state index contributed by atoms with van der Waals surface area (Å²) in [5.41, 5.74) is 0.297. The highest BCUT2D eigenvalue weighted by Gasteiger charge is 2.37. The van der Waals surface area contributed by atoms with Gasteiger partial charge in [-0.25, -0.2) is 0 Å². The third kappa shape index (κ3) is 3.38. The first-order valence-corrected chi connectivity index (χ1v) is 7.17. The number of nitrogens with zero attached hydrogens (tertiary/aromatic N) is 1. The fourth-order valence-electron chi connectivity index (χ4n) is 2.54. The Kier molecular flexibility index (Phi) is 4.56. The molecule has 2 N–H and O–H groups in total. The minimum atomic E-state index is -0.961. The minimum Gasteiger partial charge on any atom is -0.481 e. The number of hydrogen-bond donors (Lipinski definition) is 2. The summed E-state index contributed by atoms with van der Waals surface area (Å²) < 4.78 is 0.256. The fraction of sp³-hybridized carbons (Fsp3) is 0.385. The molecule has 112 valence electrons. The molecule has 0 bridgehead atoms. The quantitative estimate of drug-likeness (QED) is 0.636. The second kappa shape index (κ2) is 6.21. The number of carboxylic acid groups (broad SMARTS) is 1. The van der Waals surface area contributed by atoms with E-state index >= 15 is 0 Å². The normalized spacial score (nSPS) is 21.0. The molecule has 0 heterocycles. The molecule has 1 saturated carbocycles. The van der Waals surface area contributed by atoms with Gasteiger partial charge < -0.3 is 10.4 Å². The van der Waals surface area contributed by atoms with Gasteiger partial charge in [-0.05, 0) is 40.9 Å². The minimum absolute atomic E-state index is 0.0997. The second-order valence-electron chi connectivity index (χ2n) is 4.89. The number of carbonyl (C=O) groups excluding carboxylic acids is 1. The lowest BCUT2D eigenvalue weighted by atomic mass is 9.95. The predicted octanol–water partition coefficient (Wildman–Crippen LogP) is 2.80. The maximum atomic E-state index is 12.1. The van der Waals surface area contributed by atoms with E-state index in [1.54, 1.807) is 0 Å². The van der Waals surface area contributed by atoms with Gasteiger partial charge in [0.15, 0.2) is 0 Å². The highest BCUT2D eigenvalue weighted by Crippen LogP contribution is 2.33. The van der Waals surface area contributed by atoms with Crippen molar-refractivity contribution >= 4 is 39.2 Å². The summed E-state index contributed by atoms with van der Waals surface area (Å²) in [6, 6.07) is 4.13. The lowest BCUT2D eigenvalue weighted by molar-refractivity contribution is -0.385. The number of nitro groups is 1. The standard InChI is InChI=1S/C13H13BrN2O5/c14-10-6-7(4-5-11(10)16(20)21)15-12(17)8-2-1-3-9(8)13(18)19/h4-6,8-9H,1-3H2,(H,15,17)(H,18,19)/t8-,9+/m1/s1.